The van der Waals surface area contributed by atoms with Crippen LogP contribution in [0, 0.1) is 5.92 Å². The third kappa shape index (κ3) is 3.95. The van der Waals surface area contributed by atoms with Gasteiger partial charge in [-0.15, -0.1) is 22.6 Å². The summed E-state index contributed by atoms with van der Waals surface area (Å²) in [4.78, 5) is 12.0. The first-order valence-corrected chi connectivity index (χ1v) is 7.38. The Morgan fingerprint density at radius 3 is 2.57 bits per heavy atom. The van der Waals surface area contributed by atoms with Crippen LogP contribution >= 0.6 is 12.4 Å². The van der Waals surface area contributed by atoms with E-state index in [1.807, 2.05) is 13.8 Å². The van der Waals surface area contributed by atoms with E-state index < -0.39 is 6.04 Å². The monoisotopic (exact) mass is 315 g/mol. The number of nitrogens with two attached hydrogens (primary N) is 1. The molecule has 120 valence electrons. The molecule has 1 aromatic rings. The number of aryl methyl sites for hydroxylation is 1. The van der Waals surface area contributed by atoms with Gasteiger partial charge >= 0.3 is 0 Å². The minimum absolute atomic E-state index is 0. The van der Waals surface area contributed by atoms with Gasteiger partial charge in [0.1, 0.15) is 11.6 Å². The average molecular weight is 316 g/mol. The molecule has 7 heteroatoms. The smallest absolute Gasteiger partial charge is 0.237 e. The number of rotatable bonds is 4. The highest BCUT2D eigenvalue weighted by Gasteiger charge is 2.27. The van der Waals surface area contributed by atoms with E-state index in [0.29, 0.717) is 5.92 Å². The highest BCUT2D eigenvalue weighted by Crippen LogP contribution is 2.20. The fourth-order valence-corrected chi connectivity index (χ4v) is 2.49. The second-order valence-corrected chi connectivity index (χ2v) is 6.25. The van der Waals surface area contributed by atoms with Gasteiger partial charge in [0.2, 0.25) is 5.91 Å². The first-order chi connectivity index (χ1) is 9.40. The molecular weight excluding hydrogens is 290 g/mol. The Kier molecular flexibility index (Phi) is 6.16. The molecule has 3 N–H and O–H groups in total. The number of nitrogens with one attached hydrogen (secondary N) is 1. The molecule has 0 spiro atoms. The summed E-state index contributed by atoms with van der Waals surface area (Å²) in [6.45, 7) is 8.87. The number of hydrogen-bond acceptors (Lipinski definition) is 4. The standard InChI is InChI=1S/C14H25N5O.ClH/c1-8(2)12(15)14(20)16-10-5-6-11-17-18-13(9(3)4)19(11)7-10;/h8-10,12H,5-7,15H2,1-4H3,(H,16,20);1H/t10?,12-;/m0./s1. The van der Waals surface area contributed by atoms with Gasteiger partial charge in [-0.3, -0.25) is 4.79 Å². The molecule has 1 amide bonds. The molecule has 1 aromatic heterocycles. The zero-order valence-electron chi connectivity index (χ0n) is 13.2. The SMILES string of the molecule is CC(C)c1nnc2n1CC(NC(=O)[C@@H](N)C(C)C)CC2.Cl. The van der Waals surface area contributed by atoms with Gasteiger partial charge in [-0.1, -0.05) is 27.7 Å². The number of hydrogen-bond donors (Lipinski definition) is 2. The maximum Gasteiger partial charge on any atom is 0.237 e. The first-order valence-electron chi connectivity index (χ1n) is 7.38. The molecule has 0 radical (unpaired) electrons. The maximum atomic E-state index is 12.0. The molecule has 2 atom stereocenters. The number of fused-ring (bicyclic) bond motifs is 1. The minimum Gasteiger partial charge on any atom is -0.350 e. The Balaban J connectivity index is 0.00000220. The lowest BCUT2D eigenvalue weighted by molar-refractivity contribution is -0.124. The largest absolute Gasteiger partial charge is 0.350 e. The quantitative estimate of drug-likeness (QED) is 0.875. The van der Waals surface area contributed by atoms with Gasteiger partial charge < -0.3 is 15.6 Å². The van der Waals surface area contributed by atoms with Crippen molar-refractivity contribution in [3.05, 3.63) is 11.6 Å². The lowest BCUT2D eigenvalue weighted by Gasteiger charge is -2.27. The number of nitrogens with zero attached hydrogens (tertiary/aromatic N) is 3. The Bertz CT molecular complexity index is 486. The lowest BCUT2D eigenvalue weighted by atomic mass is 10.0. The van der Waals surface area contributed by atoms with Crippen LogP contribution in [0.15, 0.2) is 0 Å². The van der Waals surface area contributed by atoms with Crippen LogP contribution in [0.5, 0.6) is 0 Å². The molecule has 0 fully saturated rings. The van der Waals surface area contributed by atoms with Crippen LogP contribution in [0.1, 0.15) is 51.7 Å². The number of halogens is 1. The van der Waals surface area contributed by atoms with Crippen molar-refractivity contribution in [1.29, 1.82) is 0 Å². The van der Waals surface area contributed by atoms with Crippen molar-refractivity contribution >= 4 is 18.3 Å². The molecule has 0 aromatic carbocycles. The van der Waals surface area contributed by atoms with Crippen LogP contribution in [0.25, 0.3) is 0 Å². The molecule has 0 aliphatic carbocycles. The van der Waals surface area contributed by atoms with Gasteiger partial charge in [0.05, 0.1) is 6.04 Å². The fraction of sp³-hybridized carbons (Fsp3) is 0.786. The number of carbonyl (C=O) groups is 1. The molecule has 1 aliphatic heterocycles. The summed E-state index contributed by atoms with van der Waals surface area (Å²) >= 11 is 0. The van der Waals surface area contributed by atoms with Gasteiger partial charge in [0.15, 0.2) is 0 Å². The number of aromatic nitrogens is 3. The van der Waals surface area contributed by atoms with Gasteiger partial charge in [-0.25, -0.2) is 0 Å². The minimum atomic E-state index is -0.443. The molecule has 0 saturated carbocycles. The predicted molar refractivity (Wildman–Crippen MR) is 84.4 cm³/mol. The molecule has 21 heavy (non-hydrogen) atoms. The van der Waals surface area contributed by atoms with Crippen LogP contribution in [0.3, 0.4) is 0 Å². The molecule has 6 nitrogen and oxygen atoms in total. The molecule has 0 saturated heterocycles. The number of amides is 1. The summed E-state index contributed by atoms with van der Waals surface area (Å²) in [5.41, 5.74) is 5.89. The fourth-order valence-electron chi connectivity index (χ4n) is 2.49. The van der Waals surface area contributed by atoms with Crippen molar-refractivity contribution in [3.63, 3.8) is 0 Å². The number of carbonyl (C=O) groups excluding carboxylic acids is 1. The normalized spacial score (nSPS) is 19.1. The van der Waals surface area contributed by atoms with E-state index >= 15 is 0 Å². The van der Waals surface area contributed by atoms with Crippen LogP contribution in [0.2, 0.25) is 0 Å². The van der Waals surface area contributed by atoms with E-state index in [9.17, 15) is 4.79 Å². The Morgan fingerprint density at radius 2 is 2.00 bits per heavy atom. The molecule has 2 heterocycles. The Hall–Kier alpha value is -1.14. The van der Waals surface area contributed by atoms with Gasteiger partial charge in [0, 0.05) is 24.9 Å². The summed E-state index contributed by atoms with van der Waals surface area (Å²) in [6.07, 6.45) is 1.74. The third-order valence-electron chi connectivity index (χ3n) is 3.86. The summed E-state index contributed by atoms with van der Waals surface area (Å²) < 4.78 is 2.14. The summed E-state index contributed by atoms with van der Waals surface area (Å²) in [5.74, 6) is 2.44. The van der Waals surface area contributed by atoms with Crippen molar-refractivity contribution in [1.82, 2.24) is 20.1 Å². The maximum absolute atomic E-state index is 12.0. The van der Waals surface area contributed by atoms with Crippen LogP contribution in [0.4, 0.5) is 0 Å². The zero-order valence-corrected chi connectivity index (χ0v) is 14.0. The van der Waals surface area contributed by atoms with E-state index in [1.54, 1.807) is 0 Å². The van der Waals surface area contributed by atoms with E-state index in [4.69, 9.17) is 5.73 Å². The van der Waals surface area contributed by atoms with Crippen molar-refractivity contribution in [3.8, 4) is 0 Å². The van der Waals surface area contributed by atoms with Crippen molar-refractivity contribution in [2.75, 3.05) is 0 Å². The second kappa shape index (κ2) is 7.22. The van der Waals surface area contributed by atoms with E-state index in [0.717, 1.165) is 31.0 Å². The van der Waals surface area contributed by atoms with E-state index in [1.165, 1.54) is 0 Å². The van der Waals surface area contributed by atoms with Crippen molar-refractivity contribution in [2.24, 2.45) is 11.7 Å². The molecule has 0 bridgehead atoms. The highest BCUT2D eigenvalue weighted by atomic mass is 35.5. The van der Waals surface area contributed by atoms with E-state index in [-0.39, 0.29) is 30.3 Å². The molecule has 2 rings (SSSR count). The topological polar surface area (TPSA) is 85.8 Å². The molecule has 1 aliphatic rings. The molecular formula is C14H26ClN5O. The third-order valence-corrected chi connectivity index (χ3v) is 3.86. The zero-order chi connectivity index (χ0) is 14.9. The summed E-state index contributed by atoms with van der Waals surface area (Å²) in [7, 11) is 0. The highest BCUT2D eigenvalue weighted by molar-refractivity contribution is 5.85. The predicted octanol–water partition coefficient (Wildman–Crippen LogP) is 1.24. The van der Waals surface area contributed by atoms with Gasteiger partial charge in [-0.05, 0) is 12.3 Å². The molecule has 1 unspecified atom stereocenters. The second-order valence-electron chi connectivity index (χ2n) is 6.25. The van der Waals surface area contributed by atoms with Crippen LogP contribution in [-0.2, 0) is 17.8 Å². The summed E-state index contributed by atoms with van der Waals surface area (Å²) in [6, 6.07) is -0.324. The van der Waals surface area contributed by atoms with Gasteiger partial charge in [-0.2, -0.15) is 0 Å². The lowest BCUT2D eigenvalue weighted by Crippen LogP contribution is -2.50. The van der Waals surface area contributed by atoms with Crippen LogP contribution < -0.4 is 11.1 Å². The Labute approximate surface area is 132 Å². The van der Waals surface area contributed by atoms with Crippen molar-refractivity contribution in [2.45, 2.75) is 65.1 Å². The van der Waals surface area contributed by atoms with Crippen LogP contribution in [-0.4, -0.2) is 32.8 Å². The van der Waals surface area contributed by atoms with E-state index in [2.05, 4.69) is 33.9 Å². The van der Waals surface area contributed by atoms with Crippen molar-refractivity contribution < 1.29 is 4.79 Å². The van der Waals surface area contributed by atoms with Gasteiger partial charge in [0.25, 0.3) is 0 Å². The summed E-state index contributed by atoms with van der Waals surface area (Å²) in [5, 5.41) is 11.5. The first kappa shape index (κ1) is 17.9. The Morgan fingerprint density at radius 1 is 1.33 bits per heavy atom. The average Bonchev–Trinajstić information content (AvgIpc) is 2.80.